The highest BCUT2D eigenvalue weighted by Gasteiger charge is 2.19. The van der Waals surface area contributed by atoms with Crippen molar-refractivity contribution in [3.63, 3.8) is 0 Å². The highest BCUT2D eigenvalue weighted by molar-refractivity contribution is 6.30. The smallest absolute Gasteiger partial charge is 0.274 e. The molecule has 8 heteroatoms. The zero-order chi connectivity index (χ0) is 18.7. The van der Waals surface area contributed by atoms with Crippen molar-refractivity contribution in [1.29, 1.82) is 0 Å². The average Bonchev–Trinajstić information content (AvgIpc) is 3.11. The molecule has 0 saturated carbocycles. The third kappa shape index (κ3) is 3.73. The predicted octanol–water partition coefficient (Wildman–Crippen LogP) is 3.91. The minimum absolute atomic E-state index is 0.0172. The first-order valence-corrected chi connectivity index (χ1v) is 8.12. The summed E-state index contributed by atoms with van der Waals surface area (Å²) in [4.78, 5) is 24.6. The van der Waals surface area contributed by atoms with Gasteiger partial charge in [-0.2, -0.15) is 5.10 Å². The molecule has 3 rings (SSSR count). The number of carbonyl (C=O) groups is 1. The maximum atomic E-state index is 12.6. The Morgan fingerprint density at radius 1 is 1.23 bits per heavy atom. The third-order valence-corrected chi connectivity index (χ3v) is 4.11. The van der Waals surface area contributed by atoms with Crippen LogP contribution in [0.3, 0.4) is 0 Å². The number of aromatic nitrogens is 2. The molecule has 1 heterocycles. The van der Waals surface area contributed by atoms with Gasteiger partial charge in [-0.3, -0.25) is 20.0 Å². The molecule has 1 amide bonds. The number of rotatable bonds is 5. The summed E-state index contributed by atoms with van der Waals surface area (Å²) >= 11 is 5.98. The van der Waals surface area contributed by atoms with Gasteiger partial charge < -0.3 is 4.90 Å². The van der Waals surface area contributed by atoms with E-state index < -0.39 is 4.92 Å². The summed E-state index contributed by atoms with van der Waals surface area (Å²) in [6.07, 6.45) is 0. The molecule has 132 valence electrons. The van der Waals surface area contributed by atoms with Gasteiger partial charge in [0.2, 0.25) is 0 Å². The number of benzene rings is 2. The summed E-state index contributed by atoms with van der Waals surface area (Å²) < 4.78 is 0. The van der Waals surface area contributed by atoms with E-state index in [9.17, 15) is 14.9 Å². The Labute approximate surface area is 154 Å². The van der Waals surface area contributed by atoms with Gasteiger partial charge in [0.05, 0.1) is 17.2 Å². The van der Waals surface area contributed by atoms with Gasteiger partial charge in [-0.05, 0) is 18.2 Å². The number of nitro benzene ring substituents is 1. The minimum atomic E-state index is -0.457. The lowest BCUT2D eigenvalue weighted by Gasteiger charge is -2.16. The monoisotopic (exact) mass is 370 g/mol. The molecular formula is C18H15ClN4O3. The maximum absolute atomic E-state index is 12.6. The van der Waals surface area contributed by atoms with Crippen molar-refractivity contribution in [1.82, 2.24) is 15.1 Å². The summed E-state index contributed by atoms with van der Waals surface area (Å²) in [5.41, 5.74) is 2.12. The van der Waals surface area contributed by atoms with E-state index in [1.807, 2.05) is 6.07 Å². The van der Waals surface area contributed by atoms with Crippen molar-refractivity contribution in [3.05, 3.63) is 81.0 Å². The Bertz CT molecular complexity index is 970. The lowest BCUT2D eigenvalue weighted by Crippen LogP contribution is -2.26. The molecule has 0 atom stereocenters. The van der Waals surface area contributed by atoms with E-state index in [-0.39, 0.29) is 18.1 Å². The van der Waals surface area contributed by atoms with Crippen LogP contribution < -0.4 is 0 Å². The summed E-state index contributed by atoms with van der Waals surface area (Å²) in [6, 6.07) is 15.1. The number of halogens is 1. The van der Waals surface area contributed by atoms with Gasteiger partial charge in [-0.15, -0.1) is 0 Å². The maximum Gasteiger partial charge on any atom is 0.274 e. The number of aromatic amines is 1. The predicted molar refractivity (Wildman–Crippen MR) is 97.9 cm³/mol. The molecule has 0 aliphatic heterocycles. The molecule has 3 aromatic rings. The summed E-state index contributed by atoms with van der Waals surface area (Å²) in [7, 11) is 1.58. The van der Waals surface area contributed by atoms with Gasteiger partial charge in [-0.25, -0.2) is 0 Å². The van der Waals surface area contributed by atoms with E-state index in [0.717, 1.165) is 5.56 Å². The number of para-hydroxylation sites is 1. The second kappa shape index (κ2) is 7.37. The van der Waals surface area contributed by atoms with Crippen LogP contribution in [0.4, 0.5) is 5.69 Å². The zero-order valence-electron chi connectivity index (χ0n) is 13.8. The fourth-order valence-corrected chi connectivity index (χ4v) is 2.77. The standard InChI is InChI=1S/C18H15ClN4O3/c1-22(11-13-5-2-3-8-17(13)23(25)26)18(24)16-10-15(20-21-16)12-6-4-7-14(19)9-12/h2-10H,11H2,1H3,(H,20,21). The summed E-state index contributed by atoms with van der Waals surface area (Å²) in [5.74, 6) is -0.316. The van der Waals surface area contributed by atoms with E-state index in [2.05, 4.69) is 10.2 Å². The Hall–Kier alpha value is -3.19. The summed E-state index contributed by atoms with van der Waals surface area (Å²) in [5, 5.41) is 18.5. The number of nitrogens with zero attached hydrogens (tertiary/aromatic N) is 3. The fraction of sp³-hybridized carbons (Fsp3) is 0.111. The molecule has 7 nitrogen and oxygen atoms in total. The highest BCUT2D eigenvalue weighted by Crippen LogP contribution is 2.23. The second-order valence-electron chi connectivity index (χ2n) is 5.72. The molecule has 0 bridgehead atoms. The third-order valence-electron chi connectivity index (χ3n) is 3.87. The van der Waals surface area contributed by atoms with E-state index >= 15 is 0 Å². The SMILES string of the molecule is CN(Cc1ccccc1[N+](=O)[O-])C(=O)c1cc(-c2cccc(Cl)c2)n[nH]1. The van der Waals surface area contributed by atoms with Gasteiger partial charge >= 0.3 is 0 Å². The van der Waals surface area contributed by atoms with Crippen molar-refractivity contribution in [3.8, 4) is 11.3 Å². The molecule has 0 unspecified atom stereocenters. The molecule has 0 aliphatic carbocycles. The van der Waals surface area contributed by atoms with Gasteiger partial charge in [0.15, 0.2) is 0 Å². The molecule has 1 N–H and O–H groups in total. The molecule has 0 fully saturated rings. The van der Waals surface area contributed by atoms with Crippen LogP contribution in [-0.2, 0) is 6.54 Å². The minimum Gasteiger partial charge on any atom is -0.336 e. The van der Waals surface area contributed by atoms with Gasteiger partial charge in [0.25, 0.3) is 11.6 Å². The molecular weight excluding hydrogens is 356 g/mol. The topological polar surface area (TPSA) is 92.1 Å². The van der Waals surface area contributed by atoms with Crippen LogP contribution in [0.5, 0.6) is 0 Å². The Morgan fingerprint density at radius 3 is 2.73 bits per heavy atom. The van der Waals surface area contributed by atoms with Crippen molar-refractivity contribution in [2.24, 2.45) is 0 Å². The van der Waals surface area contributed by atoms with Gasteiger partial charge in [0.1, 0.15) is 5.69 Å². The van der Waals surface area contributed by atoms with Crippen LogP contribution in [0.1, 0.15) is 16.1 Å². The molecule has 1 aromatic heterocycles. The van der Waals surface area contributed by atoms with E-state index in [1.54, 1.807) is 49.5 Å². The number of H-pyrrole nitrogens is 1. The first-order chi connectivity index (χ1) is 12.5. The van der Waals surface area contributed by atoms with Crippen LogP contribution in [0.25, 0.3) is 11.3 Å². The van der Waals surface area contributed by atoms with Crippen LogP contribution >= 0.6 is 11.6 Å². The molecule has 26 heavy (non-hydrogen) atoms. The van der Waals surface area contributed by atoms with E-state index in [4.69, 9.17) is 11.6 Å². The van der Waals surface area contributed by atoms with Crippen LogP contribution in [-0.4, -0.2) is 33.0 Å². The lowest BCUT2D eigenvalue weighted by molar-refractivity contribution is -0.385. The highest BCUT2D eigenvalue weighted by atomic mass is 35.5. The molecule has 2 aromatic carbocycles. The molecule has 0 radical (unpaired) electrons. The average molecular weight is 371 g/mol. The van der Waals surface area contributed by atoms with Crippen molar-refractivity contribution in [2.75, 3.05) is 7.05 Å². The quantitative estimate of drug-likeness (QED) is 0.544. The van der Waals surface area contributed by atoms with Gasteiger partial charge in [0, 0.05) is 29.3 Å². The number of hydrogen-bond acceptors (Lipinski definition) is 4. The fourth-order valence-electron chi connectivity index (χ4n) is 2.58. The largest absolute Gasteiger partial charge is 0.336 e. The van der Waals surface area contributed by atoms with Crippen LogP contribution in [0.15, 0.2) is 54.6 Å². The molecule has 0 aliphatic rings. The number of nitrogens with one attached hydrogen (secondary N) is 1. The van der Waals surface area contributed by atoms with Crippen molar-refractivity contribution in [2.45, 2.75) is 6.54 Å². The lowest BCUT2D eigenvalue weighted by atomic mass is 10.1. The second-order valence-corrected chi connectivity index (χ2v) is 6.16. The Morgan fingerprint density at radius 2 is 2.00 bits per heavy atom. The molecule has 0 saturated heterocycles. The Kier molecular flexibility index (Phi) is 4.99. The van der Waals surface area contributed by atoms with Crippen molar-refractivity contribution < 1.29 is 9.72 Å². The Balaban J connectivity index is 1.79. The first-order valence-electron chi connectivity index (χ1n) is 7.75. The number of nitro groups is 1. The normalized spacial score (nSPS) is 10.5. The van der Waals surface area contributed by atoms with Crippen molar-refractivity contribution >= 4 is 23.2 Å². The number of amides is 1. The van der Waals surface area contributed by atoms with Crippen LogP contribution in [0.2, 0.25) is 5.02 Å². The number of carbonyl (C=O) groups excluding carboxylic acids is 1. The number of hydrogen-bond donors (Lipinski definition) is 1. The summed E-state index contributed by atoms with van der Waals surface area (Å²) in [6.45, 7) is 0.113. The van der Waals surface area contributed by atoms with E-state index in [1.165, 1.54) is 11.0 Å². The van der Waals surface area contributed by atoms with Gasteiger partial charge in [-0.1, -0.05) is 41.9 Å². The first kappa shape index (κ1) is 17.6. The molecule has 0 spiro atoms. The van der Waals surface area contributed by atoms with Crippen LogP contribution in [0, 0.1) is 10.1 Å². The van der Waals surface area contributed by atoms with E-state index in [0.29, 0.717) is 22.0 Å². The zero-order valence-corrected chi connectivity index (χ0v) is 14.6.